The van der Waals surface area contributed by atoms with Crippen LogP contribution in [-0.4, -0.2) is 33.4 Å². The van der Waals surface area contributed by atoms with E-state index in [4.69, 9.17) is 9.47 Å². The van der Waals surface area contributed by atoms with E-state index in [1.807, 2.05) is 12.1 Å². The van der Waals surface area contributed by atoms with E-state index in [9.17, 15) is 0 Å². The van der Waals surface area contributed by atoms with Crippen molar-refractivity contribution in [2.45, 2.75) is 33.6 Å². The maximum atomic E-state index is 5.73. The van der Waals surface area contributed by atoms with Crippen molar-refractivity contribution in [3.8, 4) is 5.75 Å². The third-order valence-corrected chi connectivity index (χ3v) is 3.49. The number of hydrogen-bond donors (Lipinski definition) is 1. The van der Waals surface area contributed by atoms with Gasteiger partial charge in [0.15, 0.2) is 0 Å². The van der Waals surface area contributed by atoms with E-state index in [2.05, 4.69) is 38.2 Å². The van der Waals surface area contributed by atoms with Crippen LogP contribution in [0.25, 0.3) is 0 Å². The quantitative estimate of drug-likeness (QED) is 0.633. The molecular weight excluding hydrogens is 262 g/mol. The smallest absolute Gasteiger partial charge is 0.118 e. The van der Waals surface area contributed by atoms with E-state index < -0.39 is 0 Å². The van der Waals surface area contributed by atoms with E-state index in [-0.39, 0.29) is 0 Å². The Bertz CT molecular complexity index is 362. The van der Waals surface area contributed by atoms with Crippen molar-refractivity contribution < 1.29 is 9.47 Å². The molecule has 0 bridgehead atoms. The van der Waals surface area contributed by atoms with Crippen molar-refractivity contribution in [2.24, 2.45) is 11.8 Å². The summed E-state index contributed by atoms with van der Waals surface area (Å²) < 4.78 is 10.9. The summed E-state index contributed by atoms with van der Waals surface area (Å²) in [7, 11) is 1.70. The minimum atomic E-state index is 0.610. The van der Waals surface area contributed by atoms with Gasteiger partial charge in [-0.3, -0.25) is 0 Å². The molecule has 1 aromatic carbocycles. The molecular formula is C18H31NO2. The predicted molar refractivity (Wildman–Crippen MR) is 89.0 cm³/mol. The van der Waals surface area contributed by atoms with Crippen molar-refractivity contribution in [3.05, 3.63) is 29.8 Å². The Balaban J connectivity index is 2.43. The van der Waals surface area contributed by atoms with Crippen LogP contribution in [0.2, 0.25) is 0 Å². The minimum Gasteiger partial charge on any atom is -0.497 e. The van der Waals surface area contributed by atoms with Gasteiger partial charge in [-0.25, -0.2) is 0 Å². The van der Waals surface area contributed by atoms with Gasteiger partial charge in [0.05, 0.1) is 7.11 Å². The van der Waals surface area contributed by atoms with Gasteiger partial charge in [-0.2, -0.15) is 0 Å². The van der Waals surface area contributed by atoms with Crippen molar-refractivity contribution in [2.75, 3.05) is 33.4 Å². The standard InChI is InChI=1S/C18H31NO2/c1-5-19-13-17(10-11-21-14-15(2)3)12-16-6-8-18(20-4)9-7-16/h6-9,15,17,19H,5,10-14H2,1-4H3. The summed E-state index contributed by atoms with van der Waals surface area (Å²) in [6, 6.07) is 8.39. The summed E-state index contributed by atoms with van der Waals surface area (Å²) >= 11 is 0. The number of benzene rings is 1. The molecule has 0 saturated heterocycles. The Labute approximate surface area is 130 Å². The zero-order valence-electron chi connectivity index (χ0n) is 14.0. The van der Waals surface area contributed by atoms with E-state index in [0.29, 0.717) is 11.8 Å². The Hall–Kier alpha value is -1.06. The van der Waals surface area contributed by atoms with E-state index >= 15 is 0 Å². The van der Waals surface area contributed by atoms with Crippen LogP contribution in [0.15, 0.2) is 24.3 Å². The second-order valence-corrected chi connectivity index (χ2v) is 5.98. The average molecular weight is 293 g/mol. The van der Waals surface area contributed by atoms with E-state index in [1.165, 1.54) is 5.56 Å². The van der Waals surface area contributed by atoms with Crippen LogP contribution in [0.5, 0.6) is 5.75 Å². The zero-order chi connectivity index (χ0) is 15.5. The molecule has 1 N–H and O–H groups in total. The first-order valence-corrected chi connectivity index (χ1v) is 8.07. The summed E-state index contributed by atoms with van der Waals surface area (Å²) in [6.07, 6.45) is 2.19. The third kappa shape index (κ3) is 8.08. The van der Waals surface area contributed by atoms with Crippen molar-refractivity contribution in [1.82, 2.24) is 5.32 Å². The predicted octanol–water partition coefficient (Wildman–Crippen LogP) is 3.53. The highest BCUT2D eigenvalue weighted by molar-refractivity contribution is 5.27. The molecule has 0 amide bonds. The lowest BCUT2D eigenvalue weighted by atomic mass is 9.96. The first-order chi connectivity index (χ1) is 10.2. The van der Waals surface area contributed by atoms with E-state index in [1.54, 1.807) is 7.11 Å². The fourth-order valence-electron chi connectivity index (χ4n) is 2.29. The SMILES string of the molecule is CCNCC(CCOCC(C)C)Cc1ccc(OC)cc1. The van der Waals surface area contributed by atoms with E-state index in [0.717, 1.165) is 44.9 Å². The number of rotatable bonds is 11. The van der Waals surface area contributed by atoms with Crippen LogP contribution >= 0.6 is 0 Å². The van der Waals surface area contributed by atoms with Crippen molar-refractivity contribution in [3.63, 3.8) is 0 Å². The molecule has 0 spiro atoms. The van der Waals surface area contributed by atoms with Gasteiger partial charge in [0.1, 0.15) is 5.75 Å². The van der Waals surface area contributed by atoms with Gasteiger partial charge in [0.2, 0.25) is 0 Å². The molecule has 120 valence electrons. The fraction of sp³-hybridized carbons (Fsp3) is 0.667. The number of ether oxygens (including phenoxy) is 2. The first kappa shape index (κ1) is 18.0. The molecule has 0 aliphatic heterocycles. The van der Waals surface area contributed by atoms with Crippen LogP contribution in [0.4, 0.5) is 0 Å². The molecule has 21 heavy (non-hydrogen) atoms. The third-order valence-electron chi connectivity index (χ3n) is 3.49. The number of hydrogen-bond acceptors (Lipinski definition) is 3. The normalized spacial score (nSPS) is 12.6. The lowest BCUT2D eigenvalue weighted by Crippen LogP contribution is -2.25. The highest BCUT2D eigenvalue weighted by atomic mass is 16.5. The molecule has 0 aliphatic rings. The molecule has 0 radical (unpaired) electrons. The Morgan fingerprint density at radius 1 is 1.14 bits per heavy atom. The summed E-state index contributed by atoms with van der Waals surface area (Å²) in [6.45, 7) is 10.3. The maximum absolute atomic E-state index is 5.73. The molecule has 0 fully saturated rings. The largest absolute Gasteiger partial charge is 0.497 e. The second-order valence-electron chi connectivity index (χ2n) is 5.98. The molecule has 1 rings (SSSR count). The van der Waals surface area contributed by atoms with Crippen molar-refractivity contribution in [1.29, 1.82) is 0 Å². The highest BCUT2D eigenvalue weighted by Crippen LogP contribution is 2.16. The Morgan fingerprint density at radius 3 is 2.43 bits per heavy atom. The fourth-order valence-corrected chi connectivity index (χ4v) is 2.29. The van der Waals surface area contributed by atoms with Gasteiger partial charge >= 0.3 is 0 Å². The monoisotopic (exact) mass is 293 g/mol. The van der Waals surface area contributed by atoms with Gasteiger partial charge in [0, 0.05) is 13.2 Å². The number of methoxy groups -OCH3 is 1. The zero-order valence-corrected chi connectivity index (χ0v) is 14.0. The first-order valence-electron chi connectivity index (χ1n) is 8.07. The van der Waals surface area contributed by atoms with Gasteiger partial charge < -0.3 is 14.8 Å². The molecule has 0 aromatic heterocycles. The van der Waals surface area contributed by atoms with Gasteiger partial charge in [-0.15, -0.1) is 0 Å². The van der Waals surface area contributed by atoms with Crippen LogP contribution in [0.1, 0.15) is 32.8 Å². The molecule has 1 unspecified atom stereocenters. The topological polar surface area (TPSA) is 30.5 Å². The molecule has 3 heteroatoms. The Morgan fingerprint density at radius 2 is 1.86 bits per heavy atom. The molecule has 0 saturated carbocycles. The average Bonchev–Trinajstić information content (AvgIpc) is 2.49. The molecule has 1 aromatic rings. The Kier molecular flexibility index (Phi) is 9.11. The lowest BCUT2D eigenvalue weighted by molar-refractivity contribution is 0.0976. The van der Waals surface area contributed by atoms with Gasteiger partial charge in [-0.1, -0.05) is 32.9 Å². The molecule has 3 nitrogen and oxygen atoms in total. The molecule has 0 aliphatic carbocycles. The number of nitrogens with one attached hydrogen (secondary N) is 1. The van der Waals surface area contributed by atoms with Crippen LogP contribution < -0.4 is 10.1 Å². The van der Waals surface area contributed by atoms with Crippen LogP contribution in [0, 0.1) is 11.8 Å². The summed E-state index contributed by atoms with van der Waals surface area (Å²) in [5.74, 6) is 2.14. The van der Waals surface area contributed by atoms with Gasteiger partial charge in [0.25, 0.3) is 0 Å². The van der Waals surface area contributed by atoms with Crippen LogP contribution in [-0.2, 0) is 11.2 Å². The van der Waals surface area contributed by atoms with Crippen LogP contribution in [0.3, 0.4) is 0 Å². The summed E-state index contributed by atoms with van der Waals surface area (Å²) in [5.41, 5.74) is 1.36. The summed E-state index contributed by atoms with van der Waals surface area (Å²) in [4.78, 5) is 0. The second kappa shape index (κ2) is 10.6. The molecule has 0 heterocycles. The maximum Gasteiger partial charge on any atom is 0.118 e. The van der Waals surface area contributed by atoms with Gasteiger partial charge in [-0.05, 0) is 55.5 Å². The van der Waals surface area contributed by atoms with Crippen molar-refractivity contribution >= 4 is 0 Å². The summed E-state index contributed by atoms with van der Waals surface area (Å²) in [5, 5.41) is 3.46. The highest BCUT2D eigenvalue weighted by Gasteiger charge is 2.10. The molecule has 1 atom stereocenters. The minimum absolute atomic E-state index is 0.610. The lowest BCUT2D eigenvalue weighted by Gasteiger charge is -2.18.